The van der Waals surface area contributed by atoms with Gasteiger partial charge in [0.2, 0.25) is 0 Å². The van der Waals surface area contributed by atoms with Crippen molar-refractivity contribution in [2.75, 3.05) is 0 Å². The zero-order chi connectivity index (χ0) is 13.2. The van der Waals surface area contributed by atoms with Crippen LogP contribution < -0.4 is 5.73 Å². The maximum absolute atomic E-state index is 6.39. The van der Waals surface area contributed by atoms with E-state index in [-0.39, 0.29) is 6.04 Å². The highest BCUT2D eigenvalue weighted by Gasteiger charge is 2.26. The predicted molar refractivity (Wildman–Crippen MR) is 77.0 cm³/mol. The standard InChI is InChI=1S/C15H22N4/c1-2-19-14-8-9-17-10-13(14)18-15(19)11-6-4-3-5-7-12(11)16/h8-12H,2-7,16H2,1H3. The normalized spacial score (nSPS) is 24.5. The number of aromatic nitrogens is 3. The van der Waals surface area contributed by atoms with Gasteiger partial charge in [0.05, 0.1) is 11.7 Å². The third-order valence-corrected chi connectivity index (χ3v) is 4.30. The molecule has 0 amide bonds. The molecule has 4 nitrogen and oxygen atoms in total. The van der Waals surface area contributed by atoms with Crippen LogP contribution in [0.1, 0.15) is 50.8 Å². The van der Waals surface area contributed by atoms with E-state index in [9.17, 15) is 0 Å². The Morgan fingerprint density at radius 2 is 2.16 bits per heavy atom. The Kier molecular flexibility index (Phi) is 3.51. The van der Waals surface area contributed by atoms with Crippen LogP contribution in [-0.4, -0.2) is 20.6 Å². The van der Waals surface area contributed by atoms with Crippen LogP contribution in [0.15, 0.2) is 18.5 Å². The number of imidazole rings is 1. The number of pyridine rings is 1. The van der Waals surface area contributed by atoms with Crippen LogP contribution >= 0.6 is 0 Å². The molecule has 2 aromatic heterocycles. The number of fused-ring (bicyclic) bond motifs is 1. The monoisotopic (exact) mass is 258 g/mol. The number of nitrogens with zero attached hydrogens (tertiary/aromatic N) is 3. The highest BCUT2D eigenvalue weighted by Crippen LogP contribution is 2.32. The van der Waals surface area contributed by atoms with Gasteiger partial charge in [-0.3, -0.25) is 4.98 Å². The molecule has 2 N–H and O–H groups in total. The van der Waals surface area contributed by atoms with Crippen LogP contribution in [0.5, 0.6) is 0 Å². The molecule has 1 aliphatic rings. The molecule has 3 rings (SSSR count). The first-order valence-electron chi connectivity index (χ1n) is 7.37. The molecular formula is C15H22N4. The lowest BCUT2D eigenvalue weighted by Crippen LogP contribution is -2.29. The quantitative estimate of drug-likeness (QED) is 0.843. The van der Waals surface area contributed by atoms with Crippen LogP contribution in [0, 0.1) is 0 Å². The molecule has 1 aliphatic carbocycles. The number of rotatable bonds is 2. The summed E-state index contributed by atoms with van der Waals surface area (Å²) in [5.74, 6) is 1.56. The van der Waals surface area contributed by atoms with Crippen molar-refractivity contribution in [2.45, 2.75) is 57.5 Å². The average Bonchev–Trinajstić information content (AvgIpc) is 2.67. The number of aryl methyl sites for hydroxylation is 1. The van der Waals surface area contributed by atoms with Crippen molar-refractivity contribution in [3.63, 3.8) is 0 Å². The maximum Gasteiger partial charge on any atom is 0.114 e. The molecule has 2 heterocycles. The number of hydrogen-bond donors (Lipinski definition) is 1. The third-order valence-electron chi connectivity index (χ3n) is 4.30. The van der Waals surface area contributed by atoms with Crippen molar-refractivity contribution in [1.82, 2.24) is 14.5 Å². The van der Waals surface area contributed by atoms with Gasteiger partial charge in [-0.1, -0.05) is 19.3 Å². The number of nitrogens with two attached hydrogens (primary N) is 1. The molecule has 0 radical (unpaired) electrons. The fourth-order valence-electron chi connectivity index (χ4n) is 3.27. The first kappa shape index (κ1) is 12.6. The molecule has 2 unspecified atom stereocenters. The van der Waals surface area contributed by atoms with Crippen molar-refractivity contribution >= 4 is 11.0 Å². The lowest BCUT2D eigenvalue weighted by Gasteiger charge is -2.21. The van der Waals surface area contributed by atoms with Gasteiger partial charge in [-0.25, -0.2) is 4.98 Å². The van der Waals surface area contributed by atoms with Crippen LogP contribution in [0.4, 0.5) is 0 Å². The second kappa shape index (κ2) is 5.29. The summed E-state index contributed by atoms with van der Waals surface area (Å²) in [5.41, 5.74) is 8.57. The molecule has 19 heavy (non-hydrogen) atoms. The van der Waals surface area contributed by atoms with Crippen molar-refractivity contribution < 1.29 is 0 Å². The van der Waals surface area contributed by atoms with Gasteiger partial charge in [-0.15, -0.1) is 0 Å². The Labute approximate surface area is 114 Å². The lowest BCUT2D eigenvalue weighted by molar-refractivity contribution is 0.467. The van der Waals surface area contributed by atoms with Gasteiger partial charge >= 0.3 is 0 Å². The van der Waals surface area contributed by atoms with Crippen molar-refractivity contribution in [2.24, 2.45) is 5.73 Å². The van der Waals surface area contributed by atoms with Crippen LogP contribution in [0.3, 0.4) is 0 Å². The fourth-order valence-corrected chi connectivity index (χ4v) is 3.27. The molecule has 0 saturated heterocycles. The largest absolute Gasteiger partial charge is 0.328 e. The SMILES string of the molecule is CCn1c(C2CCCCCC2N)nc2cnccc21. The van der Waals surface area contributed by atoms with E-state index < -0.39 is 0 Å². The predicted octanol–water partition coefficient (Wildman–Crippen LogP) is 2.83. The van der Waals surface area contributed by atoms with E-state index >= 15 is 0 Å². The summed E-state index contributed by atoms with van der Waals surface area (Å²) < 4.78 is 2.31. The van der Waals surface area contributed by atoms with Gasteiger partial charge < -0.3 is 10.3 Å². The summed E-state index contributed by atoms with van der Waals surface area (Å²) in [5, 5.41) is 0. The Balaban J connectivity index is 2.07. The number of hydrogen-bond acceptors (Lipinski definition) is 3. The van der Waals surface area contributed by atoms with Gasteiger partial charge in [0.25, 0.3) is 0 Å². The van der Waals surface area contributed by atoms with E-state index in [4.69, 9.17) is 10.7 Å². The Morgan fingerprint density at radius 1 is 1.32 bits per heavy atom. The van der Waals surface area contributed by atoms with Gasteiger partial charge in [-0.2, -0.15) is 0 Å². The van der Waals surface area contributed by atoms with Crippen molar-refractivity contribution in [3.8, 4) is 0 Å². The van der Waals surface area contributed by atoms with E-state index in [1.54, 1.807) is 0 Å². The highest BCUT2D eigenvalue weighted by atomic mass is 15.1. The smallest absolute Gasteiger partial charge is 0.114 e. The Morgan fingerprint density at radius 3 is 3.00 bits per heavy atom. The second-order valence-electron chi connectivity index (χ2n) is 5.49. The Bertz CT molecular complexity index is 560. The van der Waals surface area contributed by atoms with Gasteiger partial charge in [-0.05, 0) is 25.8 Å². The topological polar surface area (TPSA) is 56.7 Å². The molecule has 0 bridgehead atoms. The van der Waals surface area contributed by atoms with E-state index in [1.165, 1.54) is 30.6 Å². The molecular weight excluding hydrogens is 236 g/mol. The molecule has 4 heteroatoms. The van der Waals surface area contributed by atoms with Crippen LogP contribution in [0.2, 0.25) is 0 Å². The second-order valence-corrected chi connectivity index (χ2v) is 5.49. The Hall–Kier alpha value is -1.42. The fraction of sp³-hybridized carbons (Fsp3) is 0.600. The van der Waals surface area contributed by atoms with E-state index in [0.29, 0.717) is 5.92 Å². The molecule has 102 valence electrons. The van der Waals surface area contributed by atoms with Crippen molar-refractivity contribution in [3.05, 3.63) is 24.3 Å². The molecule has 2 aromatic rings. The molecule has 1 fully saturated rings. The maximum atomic E-state index is 6.39. The zero-order valence-corrected chi connectivity index (χ0v) is 11.5. The summed E-state index contributed by atoms with van der Waals surface area (Å²) in [6, 6.07) is 2.30. The molecule has 1 saturated carbocycles. The molecule has 0 aromatic carbocycles. The van der Waals surface area contributed by atoms with E-state index in [1.807, 2.05) is 12.4 Å². The summed E-state index contributed by atoms with van der Waals surface area (Å²) in [6.07, 6.45) is 9.81. The summed E-state index contributed by atoms with van der Waals surface area (Å²) in [6.45, 7) is 3.12. The molecule has 0 aliphatic heterocycles. The lowest BCUT2D eigenvalue weighted by atomic mass is 9.94. The third kappa shape index (κ3) is 2.25. The minimum Gasteiger partial charge on any atom is -0.328 e. The van der Waals surface area contributed by atoms with Crippen LogP contribution in [0.25, 0.3) is 11.0 Å². The van der Waals surface area contributed by atoms with E-state index in [2.05, 4.69) is 22.5 Å². The summed E-state index contributed by atoms with van der Waals surface area (Å²) in [7, 11) is 0. The average molecular weight is 258 g/mol. The minimum atomic E-state index is 0.248. The van der Waals surface area contributed by atoms with E-state index in [0.717, 1.165) is 24.9 Å². The zero-order valence-electron chi connectivity index (χ0n) is 11.5. The molecule has 0 spiro atoms. The first-order chi connectivity index (χ1) is 9.31. The first-order valence-corrected chi connectivity index (χ1v) is 7.37. The van der Waals surface area contributed by atoms with Gasteiger partial charge in [0.15, 0.2) is 0 Å². The van der Waals surface area contributed by atoms with Gasteiger partial charge in [0, 0.05) is 24.7 Å². The van der Waals surface area contributed by atoms with Gasteiger partial charge in [0.1, 0.15) is 11.3 Å². The minimum absolute atomic E-state index is 0.248. The van der Waals surface area contributed by atoms with Crippen LogP contribution in [-0.2, 0) is 6.54 Å². The molecule has 2 atom stereocenters. The van der Waals surface area contributed by atoms with Crippen molar-refractivity contribution in [1.29, 1.82) is 0 Å². The summed E-state index contributed by atoms with van der Waals surface area (Å²) >= 11 is 0. The summed E-state index contributed by atoms with van der Waals surface area (Å²) in [4.78, 5) is 9.00. The highest BCUT2D eigenvalue weighted by molar-refractivity contribution is 5.74.